The summed E-state index contributed by atoms with van der Waals surface area (Å²) in [6.45, 7) is 0. The van der Waals surface area contributed by atoms with Gasteiger partial charge in [-0.2, -0.15) is 0 Å². The van der Waals surface area contributed by atoms with E-state index in [0.717, 1.165) is 12.1 Å². The maximum atomic E-state index is 13.3. The molecule has 0 amide bonds. The second-order valence-corrected chi connectivity index (χ2v) is 4.79. The average Bonchev–Trinajstić information content (AvgIpc) is 2.49. The lowest BCUT2D eigenvalue weighted by Gasteiger charge is -2.17. The number of nitrogens with two attached hydrogens (primary N) is 1. The first-order chi connectivity index (χ1) is 9.97. The lowest BCUT2D eigenvalue weighted by molar-refractivity contribution is 0.354. The molecule has 0 aliphatic carbocycles. The van der Waals surface area contributed by atoms with Crippen molar-refractivity contribution in [3.8, 4) is 11.5 Å². The quantitative estimate of drug-likeness (QED) is 0.936. The minimum Gasteiger partial charge on any atom is -0.493 e. The van der Waals surface area contributed by atoms with Gasteiger partial charge >= 0.3 is 0 Å². The number of methoxy groups -OCH3 is 2. The number of halogens is 3. The van der Waals surface area contributed by atoms with Gasteiger partial charge in [-0.25, -0.2) is 8.78 Å². The molecule has 1 atom stereocenters. The molecule has 0 spiro atoms. The molecule has 2 aromatic rings. The minimum absolute atomic E-state index is 0.352. The van der Waals surface area contributed by atoms with Crippen LogP contribution in [0.1, 0.15) is 17.2 Å². The molecule has 0 aromatic heterocycles. The Morgan fingerprint density at radius 1 is 1.00 bits per heavy atom. The Morgan fingerprint density at radius 2 is 1.62 bits per heavy atom. The molecule has 0 heterocycles. The first-order valence-corrected chi connectivity index (χ1v) is 6.47. The van der Waals surface area contributed by atoms with Crippen molar-refractivity contribution in [1.29, 1.82) is 0 Å². The zero-order valence-electron chi connectivity index (χ0n) is 11.5. The maximum Gasteiger partial charge on any atom is 0.162 e. The van der Waals surface area contributed by atoms with Crippen molar-refractivity contribution < 1.29 is 18.3 Å². The van der Waals surface area contributed by atoms with Crippen LogP contribution in [0, 0.1) is 11.6 Å². The van der Waals surface area contributed by atoms with Crippen molar-refractivity contribution >= 4 is 11.6 Å². The fourth-order valence-corrected chi connectivity index (χ4v) is 2.26. The molecular weight excluding hydrogens is 300 g/mol. The summed E-state index contributed by atoms with van der Waals surface area (Å²) in [6, 6.07) is 5.96. The summed E-state index contributed by atoms with van der Waals surface area (Å²) in [7, 11) is 2.97. The number of ether oxygens (including phenoxy) is 2. The van der Waals surface area contributed by atoms with E-state index >= 15 is 0 Å². The van der Waals surface area contributed by atoms with Crippen molar-refractivity contribution in [1.82, 2.24) is 0 Å². The summed E-state index contributed by atoms with van der Waals surface area (Å²) in [4.78, 5) is 0. The Balaban J connectivity index is 2.47. The predicted molar refractivity (Wildman–Crippen MR) is 76.9 cm³/mol. The topological polar surface area (TPSA) is 44.5 Å². The van der Waals surface area contributed by atoms with Crippen LogP contribution in [-0.4, -0.2) is 14.2 Å². The highest BCUT2D eigenvalue weighted by molar-refractivity contribution is 6.31. The molecule has 112 valence electrons. The maximum absolute atomic E-state index is 13.3. The molecular formula is C15H14ClF2NO2. The molecule has 1 unspecified atom stereocenters. The SMILES string of the molecule is COc1cc(Cl)c(C(N)c2ccc(F)c(F)c2)cc1OC. The number of rotatable bonds is 4. The van der Waals surface area contributed by atoms with Crippen molar-refractivity contribution in [2.24, 2.45) is 5.73 Å². The second kappa shape index (κ2) is 6.28. The van der Waals surface area contributed by atoms with Crippen LogP contribution < -0.4 is 15.2 Å². The van der Waals surface area contributed by atoms with E-state index in [9.17, 15) is 8.78 Å². The van der Waals surface area contributed by atoms with Crippen molar-refractivity contribution in [2.75, 3.05) is 14.2 Å². The Labute approximate surface area is 126 Å². The Morgan fingerprint density at radius 3 is 2.19 bits per heavy atom. The predicted octanol–water partition coefficient (Wildman–Crippen LogP) is 3.68. The van der Waals surface area contributed by atoms with Crippen molar-refractivity contribution in [3.05, 3.63) is 58.1 Å². The Hall–Kier alpha value is -1.85. The molecule has 0 radical (unpaired) electrons. The first-order valence-electron chi connectivity index (χ1n) is 6.10. The molecule has 0 fully saturated rings. The van der Waals surface area contributed by atoms with Crippen LogP contribution in [-0.2, 0) is 0 Å². The van der Waals surface area contributed by atoms with E-state index in [-0.39, 0.29) is 0 Å². The van der Waals surface area contributed by atoms with Gasteiger partial charge in [0.05, 0.1) is 20.3 Å². The van der Waals surface area contributed by atoms with E-state index < -0.39 is 17.7 Å². The van der Waals surface area contributed by atoms with Gasteiger partial charge in [-0.05, 0) is 29.3 Å². The molecule has 0 saturated heterocycles. The van der Waals surface area contributed by atoms with Gasteiger partial charge in [0.2, 0.25) is 0 Å². The molecule has 0 aliphatic heterocycles. The molecule has 21 heavy (non-hydrogen) atoms. The fourth-order valence-electron chi connectivity index (χ4n) is 1.99. The zero-order valence-corrected chi connectivity index (χ0v) is 12.2. The highest BCUT2D eigenvalue weighted by Gasteiger charge is 2.18. The summed E-state index contributed by atoms with van der Waals surface area (Å²) < 4.78 is 36.6. The standard InChI is InChI=1S/C15H14ClF2NO2/c1-20-13-6-9(10(16)7-14(13)21-2)15(19)8-3-4-11(17)12(18)5-8/h3-7,15H,19H2,1-2H3. The van der Waals surface area contributed by atoms with Crippen molar-refractivity contribution in [3.63, 3.8) is 0 Å². The van der Waals surface area contributed by atoms with E-state index in [1.165, 1.54) is 20.3 Å². The van der Waals surface area contributed by atoms with Crippen LogP contribution in [0.5, 0.6) is 11.5 Å². The lowest BCUT2D eigenvalue weighted by atomic mass is 9.99. The lowest BCUT2D eigenvalue weighted by Crippen LogP contribution is -2.13. The average molecular weight is 314 g/mol. The Kier molecular flexibility index (Phi) is 4.65. The van der Waals surface area contributed by atoms with Gasteiger partial charge in [0.25, 0.3) is 0 Å². The monoisotopic (exact) mass is 313 g/mol. The number of hydrogen-bond acceptors (Lipinski definition) is 3. The van der Waals surface area contributed by atoms with Crippen LogP contribution >= 0.6 is 11.6 Å². The zero-order chi connectivity index (χ0) is 15.6. The van der Waals surface area contributed by atoms with Crippen LogP contribution in [0.15, 0.2) is 30.3 Å². The van der Waals surface area contributed by atoms with Gasteiger partial charge in [0.15, 0.2) is 23.1 Å². The summed E-state index contributed by atoms with van der Waals surface area (Å²) in [5.41, 5.74) is 7.01. The highest BCUT2D eigenvalue weighted by atomic mass is 35.5. The highest BCUT2D eigenvalue weighted by Crippen LogP contribution is 2.37. The number of hydrogen-bond donors (Lipinski definition) is 1. The summed E-state index contributed by atoms with van der Waals surface area (Å²) in [5, 5.41) is 0.352. The summed E-state index contributed by atoms with van der Waals surface area (Å²) in [5.74, 6) is -0.970. The van der Waals surface area contributed by atoms with Gasteiger partial charge < -0.3 is 15.2 Å². The minimum atomic E-state index is -0.959. The van der Waals surface area contributed by atoms with Gasteiger partial charge in [0, 0.05) is 11.1 Å². The summed E-state index contributed by atoms with van der Waals surface area (Å²) in [6.07, 6.45) is 0. The smallest absolute Gasteiger partial charge is 0.162 e. The molecule has 2 aromatic carbocycles. The largest absolute Gasteiger partial charge is 0.493 e. The molecule has 0 saturated carbocycles. The molecule has 2 rings (SSSR count). The van der Waals surface area contributed by atoms with Crippen molar-refractivity contribution in [2.45, 2.75) is 6.04 Å². The molecule has 6 heteroatoms. The third-order valence-corrected chi connectivity index (χ3v) is 3.47. The summed E-state index contributed by atoms with van der Waals surface area (Å²) >= 11 is 6.17. The van der Waals surface area contributed by atoms with E-state index in [1.807, 2.05) is 0 Å². The van der Waals surface area contributed by atoms with Gasteiger partial charge in [-0.15, -0.1) is 0 Å². The van der Waals surface area contributed by atoms with Crippen LogP contribution in [0.4, 0.5) is 8.78 Å². The molecule has 2 N–H and O–H groups in total. The second-order valence-electron chi connectivity index (χ2n) is 4.38. The molecule has 3 nitrogen and oxygen atoms in total. The van der Waals surface area contributed by atoms with Gasteiger partial charge in [-0.3, -0.25) is 0 Å². The fraction of sp³-hybridized carbons (Fsp3) is 0.200. The normalized spacial score (nSPS) is 12.1. The first kappa shape index (κ1) is 15.5. The van der Waals surface area contributed by atoms with Crippen LogP contribution in [0.3, 0.4) is 0 Å². The molecule has 0 bridgehead atoms. The Bertz CT molecular complexity index is 664. The third kappa shape index (κ3) is 3.09. The molecule has 0 aliphatic rings. The third-order valence-electron chi connectivity index (χ3n) is 3.14. The number of benzene rings is 2. The van der Waals surface area contributed by atoms with E-state index in [2.05, 4.69) is 0 Å². The van der Waals surface area contributed by atoms with E-state index in [0.29, 0.717) is 27.6 Å². The van der Waals surface area contributed by atoms with E-state index in [4.69, 9.17) is 26.8 Å². The van der Waals surface area contributed by atoms with Crippen LogP contribution in [0.2, 0.25) is 5.02 Å². The van der Waals surface area contributed by atoms with E-state index in [1.54, 1.807) is 12.1 Å². The van der Waals surface area contributed by atoms with Gasteiger partial charge in [0.1, 0.15) is 0 Å². The van der Waals surface area contributed by atoms with Crippen LogP contribution in [0.25, 0.3) is 0 Å². The van der Waals surface area contributed by atoms with Gasteiger partial charge in [-0.1, -0.05) is 17.7 Å².